The van der Waals surface area contributed by atoms with Crippen LogP contribution in [0.3, 0.4) is 0 Å². The Morgan fingerprint density at radius 3 is 2.43 bits per heavy atom. The number of halogens is 1. The Hall–Kier alpha value is -3.76. The zero-order valence-corrected chi connectivity index (χ0v) is 17.2. The van der Waals surface area contributed by atoms with Crippen LogP contribution in [0.15, 0.2) is 42.5 Å². The molecule has 1 heterocycles. The van der Waals surface area contributed by atoms with Crippen LogP contribution in [0.1, 0.15) is 32.0 Å². The van der Waals surface area contributed by atoms with Gasteiger partial charge >= 0.3 is 5.97 Å². The van der Waals surface area contributed by atoms with Crippen molar-refractivity contribution < 1.29 is 19.4 Å². The number of phenols is 1. The molecule has 1 amide bonds. The first kappa shape index (κ1) is 21.0. The summed E-state index contributed by atoms with van der Waals surface area (Å²) < 4.78 is 6.55. The molecule has 2 N–H and O–H groups in total. The van der Waals surface area contributed by atoms with Crippen molar-refractivity contribution in [2.75, 3.05) is 12.4 Å². The number of hydrogen-bond donors (Lipinski definition) is 2. The maximum atomic E-state index is 12.8. The summed E-state index contributed by atoms with van der Waals surface area (Å²) in [6, 6.07) is 12.8. The van der Waals surface area contributed by atoms with Crippen LogP contribution >= 0.6 is 11.6 Å². The number of aromatic hydroxyl groups is 1. The molecule has 2 aromatic carbocycles. The van der Waals surface area contributed by atoms with Gasteiger partial charge in [-0.1, -0.05) is 11.6 Å². The molecular formula is C22H18ClN3O4. The van der Waals surface area contributed by atoms with Gasteiger partial charge in [0, 0.05) is 34.7 Å². The van der Waals surface area contributed by atoms with Gasteiger partial charge in [0.2, 0.25) is 0 Å². The van der Waals surface area contributed by atoms with Crippen molar-refractivity contribution in [3.63, 3.8) is 0 Å². The fraction of sp³-hybridized carbons (Fsp3) is 0.136. The van der Waals surface area contributed by atoms with Crippen LogP contribution in [0, 0.1) is 18.3 Å². The third kappa shape index (κ3) is 3.86. The Bertz CT molecular complexity index is 1190. The number of nitriles is 1. The van der Waals surface area contributed by atoms with Gasteiger partial charge in [0.15, 0.2) is 0 Å². The lowest BCUT2D eigenvalue weighted by Crippen LogP contribution is -2.12. The fourth-order valence-corrected chi connectivity index (χ4v) is 3.21. The van der Waals surface area contributed by atoms with Crippen molar-refractivity contribution >= 4 is 29.2 Å². The van der Waals surface area contributed by atoms with E-state index in [4.69, 9.17) is 21.6 Å². The van der Waals surface area contributed by atoms with Gasteiger partial charge in [0.1, 0.15) is 11.8 Å². The van der Waals surface area contributed by atoms with Crippen molar-refractivity contribution in [2.45, 2.75) is 6.92 Å². The van der Waals surface area contributed by atoms with Crippen LogP contribution in [0.5, 0.6) is 5.75 Å². The van der Waals surface area contributed by atoms with Crippen LogP contribution in [-0.4, -0.2) is 28.7 Å². The number of aromatic nitrogens is 1. The number of carbonyl (C=O) groups excluding carboxylic acids is 2. The molecule has 30 heavy (non-hydrogen) atoms. The van der Waals surface area contributed by atoms with E-state index in [-0.39, 0.29) is 22.8 Å². The number of hydrogen-bond acceptors (Lipinski definition) is 5. The summed E-state index contributed by atoms with van der Waals surface area (Å²) in [5, 5.41) is 22.7. The summed E-state index contributed by atoms with van der Waals surface area (Å²) in [7, 11) is 2.96. The van der Waals surface area contributed by atoms with E-state index in [9.17, 15) is 14.7 Å². The maximum absolute atomic E-state index is 12.8. The van der Waals surface area contributed by atoms with E-state index in [0.717, 1.165) is 0 Å². The highest BCUT2D eigenvalue weighted by atomic mass is 35.5. The van der Waals surface area contributed by atoms with Gasteiger partial charge in [-0.15, -0.1) is 0 Å². The number of amides is 1. The van der Waals surface area contributed by atoms with Crippen molar-refractivity contribution in [3.05, 3.63) is 69.9 Å². The zero-order valence-electron chi connectivity index (χ0n) is 16.5. The van der Waals surface area contributed by atoms with Crippen molar-refractivity contribution in [1.82, 2.24) is 4.57 Å². The first-order valence-corrected chi connectivity index (χ1v) is 9.23. The Labute approximate surface area is 178 Å². The normalized spacial score (nSPS) is 10.4. The van der Waals surface area contributed by atoms with Crippen molar-refractivity contribution in [1.29, 1.82) is 5.26 Å². The van der Waals surface area contributed by atoms with E-state index in [1.54, 1.807) is 48.9 Å². The molecule has 0 unspecified atom stereocenters. The minimum absolute atomic E-state index is 0.0502. The Balaban J connectivity index is 2.08. The van der Waals surface area contributed by atoms with Crippen LogP contribution in [0.25, 0.3) is 11.3 Å². The third-order valence-corrected chi connectivity index (χ3v) is 5.07. The smallest absolute Gasteiger partial charge is 0.338 e. The molecule has 0 atom stereocenters. The van der Waals surface area contributed by atoms with E-state index in [1.807, 2.05) is 6.07 Å². The molecule has 0 bridgehead atoms. The molecule has 0 saturated heterocycles. The van der Waals surface area contributed by atoms with E-state index in [0.29, 0.717) is 33.2 Å². The number of ether oxygens (including phenoxy) is 1. The second-order valence-electron chi connectivity index (χ2n) is 6.57. The number of nitrogens with zero attached hydrogens (tertiary/aromatic N) is 2. The van der Waals surface area contributed by atoms with Gasteiger partial charge in [-0.3, -0.25) is 4.79 Å². The standard InChI is InChI=1S/C22H18ClN3O4/c1-12-16(21(28)25-15-6-4-14(23)5-7-15)9-19(26(12)2)17-10-20(27)13(11-24)8-18(17)22(29)30-3/h4-10,27H,1-3H3,(H,25,28). The number of anilines is 1. The van der Waals surface area contributed by atoms with Crippen LogP contribution < -0.4 is 5.32 Å². The molecule has 8 heteroatoms. The van der Waals surface area contributed by atoms with Gasteiger partial charge in [-0.25, -0.2) is 4.79 Å². The first-order valence-electron chi connectivity index (χ1n) is 8.85. The molecule has 0 radical (unpaired) electrons. The largest absolute Gasteiger partial charge is 0.507 e. The number of nitrogens with one attached hydrogen (secondary N) is 1. The number of carbonyl (C=O) groups is 2. The quantitative estimate of drug-likeness (QED) is 0.610. The predicted molar refractivity (Wildman–Crippen MR) is 113 cm³/mol. The van der Waals surface area contributed by atoms with E-state index >= 15 is 0 Å². The molecule has 152 valence electrons. The molecule has 0 spiro atoms. The topological polar surface area (TPSA) is 104 Å². The highest BCUT2D eigenvalue weighted by molar-refractivity contribution is 6.30. The highest BCUT2D eigenvalue weighted by Crippen LogP contribution is 2.33. The molecule has 3 aromatic rings. The molecule has 0 aliphatic rings. The van der Waals surface area contributed by atoms with Gasteiger partial charge in [0.05, 0.1) is 23.8 Å². The van der Waals surface area contributed by atoms with Gasteiger partial charge < -0.3 is 19.7 Å². The molecule has 0 aliphatic carbocycles. The van der Waals surface area contributed by atoms with E-state index in [1.165, 1.54) is 19.2 Å². The lowest BCUT2D eigenvalue weighted by molar-refractivity contribution is 0.0601. The average Bonchev–Trinajstić information content (AvgIpc) is 3.03. The molecular weight excluding hydrogens is 406 g/mol. The monoisotopic (exact) mass is 423 g/mol. The second-order valence-corrected chi connectivity index (χ2v) is 7.00. The number of esters is 1. The minimum Gasteiger partial charge on any atom is -0.507 e. The lowest BCUT2D eigenvalue weighted by Gasteiger charge is -2.11. The Kier molecular flexibility index (Phi) is 5.81. The molecule has 3 rings (SSSR count). The molecule has 7 nitrogen and oxygen atoms in total. The SMILES string of the molecule is COC(=O)c1cc(C#N)c(O)cc1-c1cc(C(=O)Nc2ccc(Cl)cc2)c(C)n1C. The maximum Gasteiger partial charge on any atom is 0.338 e. The summed E-state index contributed by atoms with van der Waals surface area (Å²) in [6.45, 7) is 1.77. The molecule has 0 saturated carbocycles. The molecule has 0 fully saturated rings. The molecule has 0 aliphatic heterocycles. The summed E-state index contributed by atoms with van der Waals surface area (Å²) in [5.74, 6) is -1.27. The first-order chi connectivity index (χ1) is 14.3. The number of methoxy groups -OCH3 is 1. The summed E-state index contributed by atoms with van der Waals surface area (Å²) in [6.07, 6.45) is 0. The number of phenolic OH excluding ortho intramolecular Hbond substituents is 1. The van der Waals surface area contributed by atoms with Gasteiger partial charge in [-0.2, -0.15) is 5.26 Å². The minimum atomic E-state index is -0.660. The number of benzene rings is 2. The van der Waals surface area contributed by atoms with Gasteiger partial charge in [0.25, 0.3) is 5.91 Å². The predicted octanol–water partition coefficient (Wildman–Crippen LogP) is 4.27. The van der Waals surface area contributed by atoms with E-state index < -0.39 is 5.97 Å². The zero-order chi connectivity index (χ0) is 22.0. The summed E-state index contributed by atoms with van der Waals surface area (Å²) in [4.78, 5) is 25.1. The summed E-state index contributed by atoms with van der Waals surface area (Å²) >= 11 is 5.87. The third-order valence-electron chi connectivity index (χ3n) is 4.82. The fourth-order valence-electron chi connectivity index (χ4n) is 3.09. The summed E-state index contributed by atoms with van der Waals surface area (Å²) in [5.41, 5.74) is 2.53. The second kappa shape index (κ2) is 8.31. The van der Waals surface area contributed by atoms with Crippen LogP contribution in [0.2, 0.25) is 5.02 Å². The Morgan fingerprint density at radius 1 is 1.17 bits per heavy atom. The van der Waals surface area contributed by atoms with Crippen molar-refractivity contribution in [3.8, 4) is 23.1 Å². The Morgan fingerprint density at radius 2 is 1.83 bits per heavy atom. The van der Waals surface area contributed by atoms with Crippen LogP contribution in [-0.2, 0) is 11.8 Å². The number of rotatable bonds is 4. The van der Waals surface area contributed by atoms with Gasteiger partial charge in [-0.05, 0) is 49.4 Å². The molecule has 1 aromatic heterocycles. The average molecular weight is 424 g/mol. The van der Waals surface area contributed by atoms with E-state index in [2.05, 4.69) is 5.32 Å². The highest BCUT2D eigenvalue weighted by Gasteiger charge is 2.23. The lowest BCUT2D eigenvalue weighted by atomic mass is 10.00. The van der Waals surface area contributed by atoms with Crippen molar-refractivity contribution in [2.24, 2.45) is 7.05 Å². The van der Waals surface area contributed by atoms with Crippen LogP contribution in [0.4, 0.5) is 5.69 Å².